The minimum Gasteiger partial charge on any atom is -0.389 e. The van der Waals surface area contributed by atoms with E-state index in [1.807, 2.05) is 0 Å². The molecular formula is C14H27NO3. The summed E-state index contributed by atoms with van der Waals surface area (Å²) in [5.41, 5.74) is 0. The van der Waals surface area contributed by atoms with Gasteiger partial charge < -0.3 is 19.9 Å². The molecular weight excluding hydrogens is 230 g/mol. The Morgan fingerprint density at radius 1 is 1.17 bits per heavy atom. The highest BCUT2D eigenvalue weighted by atomic mass is 16.5. The molecule has 0 radical (unpaired) electrons. The van der Waals surface area contributed by atoms with Gasteiger partial charge in [0.15, 0.2) is 0 Å². The van der Waals surface area contributed by atoms with Crippen LogP contribution in [0.5, 0.6) is 0 Å². The van der Waals surface area contributed by atoms with E-state index in [0.29, 0.717) is 19.3 Å². The highest BCUT2D eigenvalue weighted by Gasteiger charge is 2.21. The van der Waals surface area contributed by atoms with Crippen LogP contribution in [0.4, 0.5) is 0 Å². The third-order valence-electron chi connectivity index (χ3n) is 3.68. The van der Waals surface area contributed by atoms with Crippen molar-refractivity contribution in [2.75, 3.05) is 32.9 Å². The van der Waals surface area contributed by atoms with E-state index >= 15 is 0 Å². The van der Waals surface area contributed by atoms with Crippen LogP contribution in [0.25, 0.3) is 0 Å². The molecule has 106 valence electrons. The molecule has 0 saturated heterocycles. The molecule has 2 aliphatic carbocycles. The van der Waals surface area contributed by atoms with Gasteiger partial charge >= 0.3 is 0 Å². The quantitative estimate of drug-likeness (QED) is 0.580. The van der Waals surface area contributed by atoms with Crippen LogP contribution in [0, 0.1) is 5.92 Å². The second-order valence-electron chi connectivity index (χ2n) is 5.62. The molecule has 4 nitrogen and oxygen atoms in total. The zero-order chi connectivity index (χ0) is 12.6. The van der Waals surface area contributed by atoms with Gasteiger partial charge in [0.25, 0.3) is 0 Å². The van der Waals surface area contributed by atoms with Crippen LogP contribution in [-0.4, -0.2) is 50.2 Å². The van der Waals surface area contributed by atoms with Crippen molar-refractivity contribution >= 4 is 0 Å². The van der Waals surface area contributed by atoms with Crippen molar-refractivity contribution < 1.29 is 14.6 Å². The lowest BCUT2D eigenvalue weighted by Crippen LogP contribution is -2.33. The normalized spacial score (nSPS) is 22.5. The maximum Gasteiger partial charge on any atom is 0.0897 e. The van der Waals surface area contributed by atoms with E-state index in [9.17, 15) is 5.11 Å². The van der Waals surface area contributed by atoms with Crippen LogP contribution < -0.4 is 5.32 Å². The van der Waals surface area contributed by atoms with E-state index in [2.05, 4.69) is 5.32 Å². The molecule has 0 spiro atoms. The molecule has 0 heterocycles. The first-order valence-corrected chi connectivity index (χ1v) is 7.42. The summed E-state index contributed by atoms with van der Waals surface area (Å²) in [6.45, 7) is 3.43. The summed E-state index contributed by atoms with van der Waals surface area (Å²) in [5.74, 6) is 0.768. The molecule has 0 aromatic heterocycles. The first-order valence-electron chi connectivity index (χ1n) is 7.42. The van der Waals surface area contributed by atoms with Crippen molar-refractivity contribution in [1.29, 1.82) is 0 Å². The lowest BCUT2D eigenvalue weighted by Gasteiger charge is -2.14. The van der Waals surface area contributed by atoms with Crippen molar-refractivity contribution in [3.63, 3.8) is 0 Å². The van der Waals surface area contributed by atoms with Crippen molar-refractivity contribution in [3.05, 3.63) is 0 Å². The lowest BCUT2D eigenvalue weighted by molar-refractivity contribution is 0.0285. The Balaban J connectivity index is 1.35. The number of rotatable bonds is 10. The monoisotopic (exact) mass is 257 g/mol. The van der Waals surface area contributed by atoms with E-state index in [-0.39, 0.29) is 0 Å². The Bertz CT molecular complexity index is 215. The predicted molar refractivity (Wildman–Crippen MR) is 70.6 cm³/mol. The SMILES string of the molecule is OC(CNCCOC1CCCC1)COCC1CC1. The van der Waals surface area contributed by atoms with E-state index in [1.165, 1.54) is 38.5 Å². The maximum atomic E-state index is 9.67. The van der Waals surface area contributed by atoms with Crippen molar-refractivity contribution in [2.24, 2.45) is 5.92 Å². The van der Waals surface area contributed by atoms with Gasteiger partial charge in [0, 0.05) is 19.7 Å². The summed E-state index contributed by atoms with van der Waals surface area (Å²) in [6.07, 6.45) is 7.76. The van der Waals surface area contributed by atoms with Crippen LogP contribution in [0.2, 0.25) is 0 Å². The van der Waals surface area contributed by atoms with Gasteiger partial charge in [-0.2, -0.15) is 0 Å². The lowest BCUT2D eigenvalue weighted by atomic mass is 10.3. The number of aliphatic hydroxyl groups excluding tert-OH is 1. The minimum absolute atomic E-state index is 0.393. The Kier molecular flexibility index (Phi) is 6.41. The molecule has 18 heavy (non-hydrogen) atoms. The smallest absolute Gasteiger partial charge is 0.0897 e. The zero-order valence-corrected chi connectivity index (χ0v) is 11.3. The topological polar surface area (TPSA) is 50.7 Å². The van der Waals surface area contributed by atoms with Gasteiger partial charge in [0.2, 0.25) is 0 Å². The molecule has 0 aliphatic heterocycles. The summed E-state index contributed by atoms with van der Waals surface area (Å²) in [5, 5.41) is 12.9. The van der Waals surface area contributed by atoms with Crippen molar-refractivity contribution in [2.45, 2.75) is 50.7 Å². The number of hydrogen-bond donors (Lipinski definition) is 2. The Morgan fingerprint density at radius 2 is 1.94 bits per heavy atom. The molecule has 4 heteroatoms. The predicted octanol–water partition coefficient (Wildman–Crippen LogP) is 1.32. The summed E-state index contributed by atoms with van der Waals surface area (Å²) in [7, 11) is 0. The van der Waals surface area contributed by atoms with Gasteiger partial charge in [0.05, 0.1) is 25.4 Å². The van der Waals surface area contributed by atoms with Crippen molar-refractivity contribution in [3.8, 4) is 0 Å². The number of ether oxygens (including phenoxy) is 2. The molecule has 0 aromatic rings. The fourth-order valence-electron chi connectivity index (χ4n) is 2.34. The molecule has 1 atom stereocenters. The van der Waals surface area contributed by atoms with Crippen LogP contribution in [0.1, 0.15) is 38.5 Å². The highest BCUT2D eigenvalue weighted by Crippen LogP contribution is 2.28. The standard InChI is InChI=1S/C14H27NO3/c16-13(11-17-10-12-5-6-12)9-15-7-8-18-14-3-1-2-4-14/h12-16H,1-11H2. The maximum absolute atomic E-state index is 9.67. The molecule has 0 bridgehead atoms. The molecule has 0 amide bonds. The summed E-state index contributed by atoms with van der Waals surface area (Å²) in [6, 6.07) is 0. The largest absolute Gasteiger partial charge is 0.389 e. The average Bonchev–Trinajstić information content (AvgIpc) is 3.03. The van der Waals surface area contributed by atoms with E-state index in [4.69, 9.17) is 9.47 Å². The Labute approximate surface area is 110 Å². The molecule has 1 unspecified atom stereocenters. The van der Waals surface area contributed by atoms with E-state index in [1.54, 1.807) is 0 Å². The fourth-order valence-corrected chi connectivity index (χ4v) is 2.34. The minimum atomic E-state index is -0.393. The number of aliphatic hydroxyl groups is 1. The van der Waals surface area contributed by atoms with Crippen LogP contribution >= 0.6 is 0 Å². The zero-order valence-electron chi connectivity index (χ0n) is 11.3. The molecule has 2 saturated carbocycles. The van der Waals surface area contributed by atoms with Gasteiger partial charge in [-0.05, 0) is 31.6 Å². The van der Waals surface area contributed by atoms with Crippen molar-refractivity contribution in [1.82, 2.24) is 5.32 Å². The van der Waals surface area contributed by atoms with Gasteiger partial charge in [0.1, 0.15) is 0 Å². The van der Waals surface area contributed by atoms with Gasteiger partial charge in [-0.3, -0.25) is 0 Å². The molecule has 0 aromatic carbocycles. The number of hydrogen-bond acceptors (Lipinski definition) is 4. The number of nitrogens with one attached hydrogen (secondary N) is 1. The fraction of sp³-hybridized carbons (Fsp3) is 1.00. The molecule has 2 aliphatic rings. The molecule has 2 N–H and O–H groups in total. The third-order valence-corrected chi connectivity index (χ3v) is 3.68. The molecule has 2 fully saturated rings. The van der Waals surface area contributed by atoms with Crippen LogP contribution in [-0.2, 0) is 9.47 Å². The Hall–Kier alpha value is -0.160. The second-order valence-corrected chi connectivity index (χ2v) is 5.62. The first kappa shape index (κ1) is 14.3. The summed E-state index contributed by atoms with van der Waals surface area (Å²) in [4.78, 5) is 0. The second kappa shape index (κ2) is 8.10. The summed E-state index contributed by atoms with van der Waals surface area (Å²) >= 11 is 0. The Morgan fingerprint density at radius 3 is 2.67 bits per heavy atom. The van der Waals surface area contributed by atoms with Gasteiger partial charge in [-0.15, -0.1) is 0 Å². The van der Waals surface area contributed by atoms with E-state index in [0.717, 1.165) is 25.7 Å². The van der Waals surface area contributed by atoms with Gasteiger partial charge in [-0.1, -0.05) is 12.8 Å². The molecule has 2 rings (SSSR count). The highest BCUT2D eigenvalue weighted by molar-refractivity contribution is 4.72. The van der Waals surface area contributed by atoms with Gasteiger partial charge in [-0.25, -0.2) is 0 Å². The van der Waals surface area contributed by atoms with E-state index < -0.39 is 6.10 Å². The third kappa shape index (κ3) is 6.14. The van der Waals surface area contributed by atoms with Crippen LogP contribution in [0.15, 0.2) is 0 Å². The van der Waals surface area contributed by atoms with Crippen LogP contribution in [0.3, 0.4) is 0 Å². The average molecular weight is 257 g/mol. The summed E-state index contributed by atoms with van der Waals surface area (Å²) < 4.78 is 11.2. The first-order chi connectivity index (χ1) is 8.84.